The fourth-order valence-corrected chi connectivity index (χ4v) is 3.09. The summed E-state index contributed by atoms with van der Waals surface area (Å²) in [7, 11) is 0. The van der Waals surface area contributed by atoms with Crippen LogP contribution in [0.4, 0.5) is 4.79 Å². The third-order valence-electron chi connectivity index (χ3n) is 4.63. The Balaban J connectivity index is 1.39. The summed E-state index contributed by atoms with van der Waals surface area (Å²) in [6.45, 7) is 0. The van der Waals surface area contributed by atoms with Crippen LogP contribution in [0.1, 0.15) is 22.7 Å². The number of pyridine rings is 1. The molecule has 31 heavy (non-hydrogen) atoms. The van der Waals surface area contributed by atoms with Crippen molar-refractivity contribution < 1.29 is 18.7 Å². The van der Waals surface area contributed by atoms with Crippen LogP contribution in [-0.4, -0.2) is 21.8 Å². The highest BCUT2D eigenvalue weighted by Gasteiger charge is 2.15. The molecule has 0 saturated carbocycles. The normalized spacial score (nSPS) is 10.6. The molecule has 1 amide bonds. The third-order valence-corrected chi connectivity index (χ3v) is 4.63. The molecule has 2 aromatic carbocycles. The number of carbonyl (C=O) groups is 2. The van der Waals surface area contributed by atoms with Crippen molar-refractivity contribution in [2.45, 2.75) is 12.8 Å². The van der Waals surface area contributed by atoms with Gasteiger partial charge in [-0.3, -0.25) is 4.79 Å². The molecule has 4 rings (SSSR count). The Bertz CT molecular complexity index is 1200. The fourth-order valence-electron chi connectivity index (χ4n) is 3.09. The summed E-state index contributed by atoms with van der Waals surface area (Å²) in [5.41, 5.74) is 8.70. The molecule has 7 heteroatoms. The number of nitrogens with two attached hydrogens (primary N) is 1. The summed E-state index contributed by atoms with van der Waals surface area (Å²) in [4.78, 5) is 31.5. The number of rotatable bonds is 7. The van der Waals surface area contributed by atoms with Gasteiger partial charge in [0.2, 0.25) is 11.7 Å². The van der Waals surface area contributed by atoms with E-state index in [-0.39, 0.29) is 24.0 Å². The van der Waals surface area contributed by atoms with E-state index in [4.69, 9.17) is 14.9 Å². The maximum Gasteiger partial charge on any atom is 0.411 e. The molecule has 2 N–H and O–H groups in total. The number of hydrogen-bond donors (Lipinski definition) is 1. The van der Waals surface area contributed by atoms with E-state index in [0.29, 0.717) is 17.9 Å². The van der Waals surface area contributed by atoms with Gasteiger partial charge in [0.15, 0.2) is 5.76 Å². The van der Waals surface area contributed by atoms with E-state index in [9.17, 15) is 9.59 Å². The van der Waals surface area contributed by atoms with Crippen molar-refractivity contribution in [2.75, 3.05) is 0 Å². The Morgan fingerprint density at radius 3 is 2.39 bits per heavy atom. The smallest absolute Gasteiger partial charge is 0.411 e. The van der Waals surface area contributed by atoms with Gasteiger partial charge in [-0.2, -0.15) is 0 Å². The first-order valence-electron chi connectivity index (χ1n) is 9.66. The SMILES string of the molecule is NC(=O)Oc1cccc(-c2cnc(C(=O)CCc3ccc(-c4ccccc4)cc3)o2)n1. The minimum absolute atomic E-state index is 0.0129. The Hall–Kier alpha value is -4.26. The zero-order valence-electron chi connectivity index (χ0n) is 16.5. The van der Waals surface area contributed by atoms with Crippen molar-refractivity contribution in [2.24, 2.45) is 5.73 Å². The number of amides is 1. The highest BCUT2D eigenvalue weighted by atomic mass is 16.6. The van der Waals surface area contributed by atoms with E-state index in [1.54, 1.807) is 12.1 Å². The minimum Gasteiger partial charge on any atom is -0.432 e. The van der Waals surface area contributed by atoms with Crippen LogP contribution in [0.2, 0.25) is 0 Å². The number of hydrogen-bond acceptors (Lipinski definition) is 6. The number of aryl methyl sites for hydroxylation is 1. The predicted molar refractivity (Wildman–Crippen MR) is 114 cm³/mol. The Labute approximate surface area is 178 Å². The van der Waals surface area contributed by atoms with Crippen LogP contribution in [-0.2, 0) is 6.42 Å². The van der Waals surface area contributed by atoms with Crippen molar-refractivity contribution >= 4 is 11.9 Å². The van der Waals surface area contributed by atoms with Gasteiger partial charge in [0.1, 0.15) is 5.69 Å². The molecule has 0 unspecified atom stereocenters. The molecule has 0 fully saturated rings. The summed E-state index contributed by atoms with van der Waals surface area (Å²) in [5.74, 6) is 0.139. The first-order chi connectivity index (χ1) is 15.1. The van der Waals surface area contributed by atoms with Crippen molar-refractivity contribution in [3.05, 3.63) is 90.4 Å². The zero-order chi connectivity index (χ0) is 21.6. The van der Waals surface area contributed by atoms with Gasteiger partial charge in [-0.25, -0.2) is 14.8 Å². The molecule has 0 aliphatic rings. The second kappa shape index (κ2) is 9.04. The van der Waals surface area contributed by atoms with Gasteiger partial charge < -0.3 is 14.9 Å². The second-order valence-corrected chi connectivity index (χ2v) is 6.80. The van der Waals surface area contributed by atoms with Crippen LogP contribution >= 0.6 is 0 Å². The summed E-state index contributed by atoms with van der Waals surface area (Å²) >= 11 is 0. The number of carbonyl (C=O) groups excluding carboxylic acids is 2. The molecule has 2 heterocycles. The minimum atomic E-state index is -0.963. The molecule has 0 radical (unpaired) electrons. The van der Waals surface area contributed by atoms with Crippen LogP contribution in [0.5, 0.6) is 5.88 Å². The molecule has 0 bridgehead atoms. The number of aromatic nitrogens is 2. The molecule has 7 nitrogen and oxygen atoms in total. The average Bonchev–Trinajstić information content (AvgIpc) is 3.29. The van der Waals surface area contributed by atoms with Crippen LogP contribution in [0, 0.1) is 0 Å². The lowest BCUT2D eigenvalue weighted by atomic mass is 10.0. The van der Waals surface area contributed by atoms with Crippen LogP contribution in [0.25, 0.3) is 22.6 Å². The van der Waals surface area contributed by atoms with Gasteiger partial charge in [0.25, 0.3) is 5.89 Å². The highest BCUT2D eigenvalue weighted by Crippen LogP contribution is 2.23. The molecular weight excluding hydrogens is 394 g/mol. The lowest BCUT2D eigenvalue weighted by Gasteiger charge is -2.04. The number of nitrogens with zero attached hydrogens (tertiary/aromatic N) is 2. The molecule has 0 aliphatic carbocycles. The standard InChI is InChI=1S/C24H19N3O4/c25-24(29)31-22-8-4-7-19(27-22)21-15-26-23(30-21)20(28)14-11-16-9-12-18(13-10-16)17-5-2-1-3-6-17/h1-10,12-13,15H,11,14H2,(H2,25,29). The van der Waals surface area contributed by atoms with Gasteiger partial charge in [-0.05, 0) is 29.2 Å². The first-order valence-corrected chi connectivity index (χ1v) is 9.66. The van der Waals surface area contributed by atoms with E-state index in [0.717, 1.165) is 16.7 Å². The summed E-state index contributed by atoms with van der Waals surface area (Å²) in [6, 6.07) is 23.0. The number of primary amides is 1. The quantitative estimate of drug-likeness (QED) is 0.441. The average molecular weight is 413 g/mol. The first kappa shape index (κ1) is 20.0. The number of oxazole rings is 1. The molecule has 0 aliphatic heterocycles. The number of benzene rings is 2. The lowest BCUT2D eigenvalue weighted by molar-refractivity contribution is 0.0950. The van der Waals surface area contributed by atoms with E-state index in [1.165, 1.54) is 12.3 Å². The Morgan fingerprint density at radius 2 is 1.65 bits per heavy atom. The molecule has 2 aromatic heterocycles. The molecule has 0 saturated heterocycles. The number of Topliss-reactive ketones (excluding diaryl/α,β-unsaturated/α-hetero) is 1. The van der Waals surface area contributed by atoms with Crippen molar-refractivity contribution in [3.63, 3.8) is 0 Å². The predicted octanol–water partition coefficient (Wildman–Crippen LogP) is 4.68. The summed E-state index contributed by atoms with van der Waals surface area (Å²) in [5, 5.41) is 0. The van der Waals surface area contributed by atoms with Gasteiger partial charge in [0, 0.05) is 12.5 Å². The largest absolute Gasteiger partial charge is 0.432 e. The summed E-state index contributed by atoms with van der Waals surface area (Å²) in [6.07, 6.45) is 1.29. The second-order valence-electron chi connectivity index (χ2n) is 6.80. The van der Waals surface area contributed by atoms with Crippen molar-refractivity contribution in [1.29, 1.82) is 0 Å². The van der Waals surface area contributed by atoms with Crippen LogP contribution < -0.4 is 10.5 Å². The van der Waals surface area contributed by atoms with Crippen molar-refractivity contribution in [3.8, 4) is 28.5 Å². The number of ether oxygens (including phenoxy) is 1. The lowest BCUT2D eigenvalue weighted by Crippen LogP contribution is -2.16. The van der Waals surface area contributed by atoms with E-state index >= 15 is 0 Å². The Kier molecular flexibility index (Phi) is 5.84. The van der Waals surface area contributed by atoms with Gasteiger partial charge in [0.05, 0.1) is 6.20 Å². The maximum atomic E-state index is 12.5. The molecule has 154 valence electrons. The highest BCUT2D eigenvalue weighted by molar-refractivity contribution is 5.92. The Morgan fingerprint density at radius 1 is 0.903 bits per heavy atom. The molecule has 4 aromatic rings. The van der Waals surface area contributed by atoms with Gasteiger partial charge in [-0.1, -0.05) is 60.7 Å². The fraction of sp³-hybridized carbons (Fsp3) is 0.0833. The molecule has 0 spiro atoms. The molecular formula is C24H19N3O4. The van der Waals surface area contributed by atoms with Crippen LogP contribution in [0.15, 0.2) is 83.4 Å². The summed E-state index contributed by atoms with van der Waals surface area (Å²) < 4.78 is 10.3. The van der Waals surface area contributed by atoms with Gasteiger partial charge >= 0.3 is 6.09 Å². The van der Waals surface area contributed by atoms with Gasteiger partial charge in [-0.15, -0.1) is 0 Å². The van der Waals surface area contributed by atoms with E-state index in [2.05, 4.69) is 22.1 Å². The zero-order valence-corrected chi connectivity index (χ0v) is 16.5. The monoisotopic (exact) mass is 413 g/mol. The topological polar surface area (TPSA) is 108 Å². The molecule has 0 atom stereocenters. The van der Waals surface area contributed by atoms with E-state index < -0.39 is 6.09 Å². The number of ketones is 1. The van der Waals surface area contributed by atoms with E-state index in [1.807, 2.05) is 42.5 Å². The van der Waals surface area contributed by atoms with Crippen molar-refractivity contribution in [1.82, 2.24) is 9.97 Å². The maximum absolute atomic E-state index is 12.5. The third kappa shape index (κ3) is 5.02. The van der Waals surface area contributed by atoms with Crippen LogP contribution in [0.3, 0.4) is 0 Å².